The molecule has 7 nitrogen and oxygen atoms in total. The molecule has 1 atom stereocenters. The monoisotopic (exact) mass is 391 g/mol. The van der Waals surface area contributed by atoms with Gasteiger partial charge in [-0.25, -0.2) is 8.42 Å². The molecule has 142 valence electrons. The summed E-state index contributed by atoms with van der Waals surface area (Å²) < 4.78 is 31.7. The molecule has 1 aromatic rings. The van der Waals surface area contributed by atoms with Gasteiger partial charge >= 0.3 is 0 Å². The van der Waals surface area contributed by atoms with Gasteiger partial charge in [-0.3, -0.25) is 4.79 Å². The maximum atomic E-state index is 12.5. The molecule has 0 unspecified atom stereocenters. The van der Waals surface area contributed by atoms with Crippen LogP contribution in [0.25, 0.3) is 0 Å². The minimum atomic E-state index is -3.47. The van der Waals surface area contributed by atoms with Crippen LogP contribution in [0, 0.1) is 0 Å². The van der Waals surface area contributed by atoms with Crippen molar-refractivity contribution in [2.24, 2.45) is 5.73 Å². The zero-order valence-corrected chi connectivity index (χ0v) is 15.9. The summed E-state index contributed by atoms with van der Waals surface area (Å²) >= 11 is 0. The Morgan fingerprint density at radius 1 is 1.28 bits per heavy atom. The summed E-state index contributed by atoms with van der Waals surface area (Å²) in [5.74, 6) is -0.0574. The largest absolute Gasteiger partial charge is 0.379 e. The number of carbonyl (C=O) groups excluding carboxylic acids is 1. The van der Waals surface area contributed by atoms with Crippen LogP contribution in [-0.2, 0) is 26.0 Å². The highest BCUT2D eigenvalue weighted by Crippen LogP contribution is 2.18. The van der Waals surface area contributed by atoms with Crippen LogP contribution in [0.1, 0.15) is 18.9 Å². The minimum Gasteiger partial charge on any atom is -0.379 e. The molecule has 9 heteroatoms. The summed E-state index contributed by atoms with van der Waals surface area (Å²) in [4.78, 5) is 12.0. The first kappa shape index (κ1) is 21.9. The number of hydrogen-bond acceptors (Lipinski definition) is 5. The molecule has 1 aliphatic heterocycles. The fraction of sp³-hybridized carbons (Fsp3) is 0.562. The molecule has 0 aromatic heterocycles. The van der Waals surface area contributed by atoms with Crippen molar-refractivity contribution < 1.29 is 17.9 Å². The van der Waals surface area contributed by atoms with E-state index in [4.69, 9.17) is 10.5 Å². The second kappa shape index (κ2) is 10.1. The van der Waals surface area contributed by atoms with Gasteiger partial charge in [0, 0.05) is 32.1 Å². The van der Waals surface area contributed by atoms with Crippen LogP contribution >= 0.6 is 12.4 Å². The predicted octanol–water partition coefficient (Wildman–Crippen LogP) is 0.525. The zero-order chi connectivity index (χ0) is 17.6. The number of amides is 1. The molecule has 0 radical (unpaired) electrons. The molecule has 1 aliphatic rings. The topological polar surface area (TPSA) is 102 Å². The Kier molecular flexibility index (Phi) is 8.81. The first-order valence-electron chi connectivity index (χ1n) is 8.09. The smallest absolute Gasteiger partial charge is 0.243 e. The fourth-order valence-corrected chi connectivity index (χ4v) is 3.84. The summed E-state index contributed by atoms with van der Waals surface area (Å²) in [5.41, 5.74) is 6.39. The molecule has 0 spiro atoms. The van der Waals surface area contributed by atoms with E-state index in [9.17, 15) is 13.2 Å². The number of ether oxygens (including phenoxy) is 1. The van der Waals surface area contributed by atoms with Crippen molar-refractivity contribution in [1.29, 1.82) is 0 Å². The highest BCUT2D eigenvalue weighted by molar-refractivity contribution is 7.89. The lowest BCUT2D eigenvalue weighted by Gasteiger charge is -2.26. The first-order chi connectivity index (χ1) is 11.4. The SMILES string of the molecule is C[C@@H](CN)NC(=O)CCc1ccc(S(=O)(=O)N2CCOCC2)cc1.Cl. The molecule has 0 aliphatic carbocycles. The maximum absolute atomic E-state index is 12.5. The van der Waals surface area contributed by atoms with E-state index in [-0.39, 0.29) is 29.3 Å². The van der Waals surface area contributed by atoms with Crippen molar-refractivity contribution in [2.45, 2.75) is 30.7 Å². The Bertz CT molecular complexity index is 646. The molecule has 1 amide bonds. The maximum Gasteiger partial charge on any atom is 0.243 e. The van der Waals surface area contributed by atoms with Gasteiger partial charge in [-0.15, -0.1) is 12.4 Å². The van der Waals surface area contributed by atoms with E-state index in [0.717, 1.165) is 5.56 Å². The van der Waals surface area contributed by atoms with Gasteiger partial charge in [0.25, 0.3) is 0 Å². The quantitative estimate of drug-likeness (QED) is 0.705. The number of benzene rings is 1. The molecule has 3 N–H and O–H groups in total. The van der Waals surface area contributed by atoms with Gasteiger partial charge in [-0.1, -0.05) is 12.1 Å². The minimum absolute atomic E-state index is 0. The van der Waals surface area contributed by atoms with Crippen LogP contribution in [0.15, 0.2) is 29.2 Å². The van der Waals surface area contributed by atoms with E-state index in [1.165, 1.54) is 4.31 Å². The third-order valence-electron chi connectivity index (χ3n) is 3.93. The Hall–Kier alpha value is -1.19. The molecule has 1 heterocycles. The van der Waals surface area contributed by atoms with Crippen LogP contribution in [0.2, 0.25) is 0 Å². The van der Waals surface area contributed by atoms with E-state index < -0.39 is 10.0 Å². The number of sulfonamides is 1. The zero-order valence-electron chi connectivity index (χ0n) is 14.3. The number of rotatable bonds is 7. The number of aryl methyl sites for hydroxylation is 1. The molecule has 2 rings (SSSR count). The van der Waals surface area contributed by atoms with Crippen molar-refractivity contribution in [1.82, 2.24) is 9.62 Å². The summed E-state index contributed by atoms with van der Waals surface area (Å²) in [7, 11) is -3.47. The fourth-order valence-electron chi connectivity index (χ4n) is 2.43. The molecule has 0 saturated carbocycles. The van der Waals surface area contributed by atoms with Crippen molar-refractivity contribution in [3.63, 3.8) is 0 Å². The van der Waals surface area contributed by atoms with Gasteiger partial charge in [0.15, 0.2) is 0 Å². The summed E-state index contributed by atoms with van der Waals surface area (Å²) in [5, 5.41) is 2.80. The van der Waals surface area contributed by atoms with Gasteiger partial charge in [0.1, 0.15) is 0 Å². The highest BCUT2D eigenvalue weighted by atomic mass is 35.5. The summed E-state index contributed by atoms with van der Waals surface area (Å²) in [6, 6.07) is 6.67. The third-order valence-corrected chi connectivity index (χ3v) is 5.85. The molecule has 25 heavy (non-hydrogen) atoms. The van der Waals surface area contributed by atoms with E-state index in [1.54, 1.807) is 24.3 Å². The standard InChI is InChI=1S/C16H25N3O4S.ClH/c1-13(12-17)18-16(20)7-4-14-2-5-15(6-3-14)24(21,22)19-8-10-23-11-9-19;/h2-3,5-6,13H,4,7-12,17H2,1H3,(H,18,20);1H/t13-;/m0./s1. The Morgan fingerprint density at radius 2 is 1.88 bits per heavy atom. The molecule has 1 aromatic carbocycles. The number of nitrogens with two attached hydrogens (primary N) is 1. The number of hydrogen-bond donors (Lipinski definition) is 2. The Labute approximate surface area is 155 Å². The molecule has 1 fully saturated rings. The lowest BCUT2D eigenvalue weighted by atomic mass is 10.1. The highest BCUT2D eigenvalue weighted by Gasteiger charge is 2.26. The molecular weight excluding hydrogens is 366 g/mol. The van der Waals surface area contributed by atoms with Crippen molar-refractivity contribution in [3.05, 3.63) is 29.8 Å². The number of halogens is 1. The van der Waals surface area contributed by atoms with Crippen LogP contribution < -0.4 is 11.1 Å². The second-order valence-electron chi connectivity index (χ2n) is 5.86. The van der Waals surface area contributed by atoms with Gasteiger partial charge < -0.3 is 15.8 Å². The molecule has 0 bridgehead atoms. The van der Waals surface area contributed by atoms with E-state index >= 15 is 0 Å². The summed E-state index contributed by atoms with van der Waals surface area (Å²) in [6.45, 7) is 3.86. The van der Waals surface area contributed by atoms with Crippen LogP contribution in [-0.4, -0.2) is 57.5 Å². The van der Waals surface area contributed by atoms with Gasteiger partial charge in [0.2, 0.25) is 15.9 Å². The lowest BCUT2D eigenvalue weighted by Crippen LogP contribution is -2.40. The average Bonchev–Trinajstić information content (AvgIpc) is 2.61. The van der Waals surface area contributed by atoms with Gasteiger partial charge in [-0.05, 0) is 31.0 Å². The Morgan fingerprint density at radius 3 is 2.44 bits per heavy atom. The number of carbonyl (C=O) groups is 1. The van der Waals surface area contributed by atoms with Gasteiger partial charge in [-0.2, -0.15) is 4.31 Å². The first-order valence-corrected chi connectivity index (χ1v) is 9.54. The molecular formula is C16H26ClN3O4S. The van der Waals surface area contributed by atoms with E-state index in [2.05, 4.69) is 5.32 Å². The average molecular weight is 392 g/mol. The number of morpholine rings is 1. The normalized spacial score (nSPS) is 16.7. The van der Waals surface area contributed by atoms with E-state index in [1.807, 2.05) is 6.92 Å². The van der Waals surface area contributed by atoms with Crippen molar-refractivity contribution in [3.8, 4) is 0 Å². The lowest BCUT2D eigenvalue weighted by molar-refractivity contribution is -0.121. The van der Waals surface area contributed by atoms with Crippen molar-refractivity contribution in [2.75, 3.05) is 32.8 Å². The van der Waals surface area contributed by atoms with Crippen LogP contribution in [0.4, 0.5) is 0 Å². The second-order valence-corrected chi connectivity index (χ2v) is 7.80. The Balaban J connectivity index is 0.00000312. The third kappa shape index (κ3) is 6.23. The number of nitrogens with zero attached hydrogens (tertiary/aromatic N) is 1. The summed E-state index contributed by atoms with van der Waals surface area (Å²) in [6.07, 6.45) is 0.904. The van der Waals surface area contributed by atoms with Gasteiger partial charge in [0.05, 0.1) is 18.1 Å². The molecule has 1 saturated heterocycles. The predicted molar refractivity (Wildman–Crippen MR) is 98.2 cm³/mol. The van der Waals surface area contributed by atoms with Crippen LogP contribution in [0.3, 0.4) is 0 Å². The van der Waals surface area contributed by atoms with Crippen LogP contribution in [0.5, 0.6) is 0 Å². The van der Waals surface area contributed by atoms with Crippen molar-refractivity contribution >= 4 is 28.3 Å². The number of nitrogens with one attached hydrogen (secondary N) is 1. The van der Waals surface area contributed by atoms with E-state index in [0.29, 0.717) is 45.7 Å².